The number of hydrogen-bond acceptors (Lipinski definition) is 1. The highest BCUT2D eigenvalue weighted by atomic mass is 16.1. The third-order valence-electron chi connectivity index (χ3n) is 4.59. The van der Waals surface area contributed by atoms with Gasteiger partial charge in [0.25, 0.3) is 0 Å². The minimum absolute atomic E-state index is 0.230. The van der Waals surface area contributed by atoms with E-state index in [2.05, 4.69) is 24.3 Å². The van der Waals surface area contributed by atoms with Gasteiger partial charge < -0.3 is 0 Å². The molecular weight excluding hydrogens is 220 g/mol. The molecule has 0 amide bonds. The zero-order valence-electron chi connectivity index (χ0n) is 11.8. The third-order valence-corrected chi connectivity index (χ3v) is 4.59. The predicted octanol–water partition coefficient (Wildman–Crippen LogP) is 4.60. The topological polar surface area (TPSA) is 17.1 Å². The molecule has 0 N–H and O–H groups in total. The maximum atomic E-state index is 11.7. The van der Waals surface area contributed by atoms with Crippen LogP contribution in [-0.4, -0.2) is 5.78 Å². The fourth-order valence-electron chi connectivity index (χ4n) is 2.81. The lowest BCUT2D eigenvalue weighted by Crippen LogP contribution is -2.26. The summed E-state index contributed by atoms with van der Waals surface area (Å²) in [6, 6.07) is 8.75. The summed E-state index contributed by atoms with van der Waals surface area (Å²) in [5, 5.41) is 0. The Kier molecular flexibility index (Phi) is 3.89. The fraction of sp³-hybridized carbons (Fsp3) is 0.588. The molecule has 2 rings (SSSR count). The number of carbonyl (C=O) groups excluding carboxylic acids is 1. The maximum Gasteiger partial charge on any atom is 0.139 e. The van der Waals surface area contributed by atoms with Crippen LogP contribution in [0.15, 0.2) is 24.3 Å². The smallest absolute Gasteiger partial charge is 0.139 e. The number of benzene rings is 1. The Morgan fingerprint density at radius 2 is 1.61 bits per heavy atom. The van der Waals surface area contributed by atoms with Crippen LogP contribution in [0, 0.1) is 0 Å². The van der Waals surface area contributed by atoms with E-state index in [1.807, 2.05) is 13.8 Å². The molecule has 1 aliphatic carbocycles. The van der Waals surface area contributed by atoms with Crippen molar-refractivity contribution in [3.63, 3.8) is 0 Å². The minimum Gasteiger partial charge on any atom is -0.299 e. The molecule has 0 aromatic heterocycles. The lowest BCUT2D eigenvalue weighted by Gasteiger charge is -2.25. The molecule has 18 heavy (non-hydrogen) atoms. The molecule has 0 radical (unpaired) electrons. The van der Waals surface area contributed by atoms with Gasteiger partial charge in [0, 0.05) is 5.41 Å². The summed E-state index contributed by atoms with van der Waals surface area (Å²) >= 11 is 0. The number of Topliss-reactive ketones (excluding diaryl/α,β-unsaturated/α-hetero) is 1. The van der Waals surface area contributed by atoms with E-state index >= 15 is 0 Å². The number of carbonyl (C=O) groups is 1. The molecule has 0 atom stereocenters. The largest absolute Gasteiger partial charge is 0.299 e. The number of ketones is 1. The van der Waals surface area contributed by atoms with Crippen LogP contribution < -0.4 is 0 Å². The first-order valence-corrected chi connectivity index (χ1v) is 7.13. The summed E-state index contributed by atoms with van der Waals surface area (Å²) in [7, 11) is 0. The van der Waals surface area contributed by atoms with Crippen molar-refractivity contribution in [2.24, 2.45) is 0 Å². The van der Waals surface area contributed by atoms with E-state index in [1.165, 1.54) is 37.7 Å². The van der Waals surface area contributed by atoms with Gasteiger partial charge in [0.05, 0.1) is 0 Å². The SMILES string of the molecule is CC(=O)C(C)(C)c1ccc(C2CCCCC2)cc1. The lowest BCUT2D eigenvalue weighted by molar-refractivity contribution is -0.121. The summed E-state index contributed by atoms with van der Waals surface area (Å²) < 4.78 is 0. The summed E-state index contributed by atoms with van der Waals surface area (Å²) in [6.07, 6.45) is 6.79. The molecule has 1 aromatic carbocycles. The highest BCUT2D eigenvalue weighted by Crippen LogP contribution is 2.33. The fourth-order valence-corrected chi connectivity index (χ4v) is 2.81. The van der Waals surface area contributed by atoms with Gasteiger partial charge >= 0.3 is 0 Å². The van der Waals surface area contributed by atoms with Gasteiger partial charge in [-0.1, -0.05) is 43.5 Å². The molecule has 0 spiro atoms. The third kappa shape index (κ3) is 2.66. The Bertz CT molecular complexity index is 408. The second-order valence-corrected chi connectivity index (χ2v) is 6.14. The first-order valence-electron chi connectivity index (χ1n) is 7.13. The molecular formula is C17H24O. The lowest BCUT2D eigenvalue weighted by atomic mass is 9.79. The van der Waals surface area contributed by atoms with Crippen LogP contribution >= 0.6 is 0 Å². The molecule has 0 saturated heterocycles. The van der Waals surface area contributed by atoms with Gasteiger partial charge in [-0.25, -0.2) is 0 Å². The van der Waals surface area contributed by atoms with Crippen molar-refractivity contribution in [3.05, 3.63) is 35.4 Å². The van der Waals surface area contributed by atoms with Crippen LogP contribution in [-0.2, 0) is 10.2 Å². The molecule has 1 saturated carbocycles. The predicted molar refractivity (Wildman–Crippen MR) is 76.0 cm³/mol. The van der Waals surface area contributed by atoms with E-state index in [1.54, 1.807) is 6.92 Å². The van der Waals surface area contributed by atoms with Crippen molar-refractivity contribution >= 4 is 5.78 Å². The van der Waals surface area contributed by atoms with Crippen LogP contribution in [0.2, 0.25) is 0 Å². The normalized spacial score (nSPS) is 17.7. The van der Waals surface area contributed by atoms with Gasteiger partial charge in [-0.3, -0.25) is 4.79 Å². The van der Waals surface area contributed by atoms with Crippen molar-refractivity contribution in [1.82, 2.24) is 0 Å². The van der Waals surface area contributed by atoms with E-state index < -0.39 is 0 Å². The van der Waals surface area contributed by atoms with Crippen LogP contribution in [0.3, 0.4) is 0 Å². The number of rotatable bonds is 3. The maximum absolute atomic E-state index is 11.7. The second kappa shape index (κ2) is 5.26. The Labute approximate surface area is 111 Å². The van der Waals surface area contributed by atoms with Crippen LogP contribution in [0.5, 0.6) is 0 Å². The monoisotopic (exact) mass is 244 g/mol. The molecule has 0 aliphatic heterocycles. The molecule has 1 aliphatic rings. The van der Waals surface area contributed by atoms with Crippen molar-refractivity contribution < 1.29 is 4.79 Å². The zero-order chi connectivity index (χ0) is 13.2. The van der Waals surface area contributed by atoms with Gasteiger partial charge in [-0.15, -0.1) is 0 Å². The van der Waals surface area contributed by atoms with E-state index in [-0.39, 0.29) is 11.2 Å². The van der Waals surface area contributed by atoms with Crippen molar-refractivity contribution in [2.45, 2.75) is 64.2 Å². The van der Waals surface area contributed by atoms with Crippen molar-refractivity contribution in [1.29, 1.82) is 0 Å². The molecule has 0 unspecified atom stereocenters. The first-order chi connectivity index (χ1) is 8.51. The molecule has 1 aromatic rings. The average Bonchev–Trinajstić information content (AvgIpc) is 2.40. The first kappa shape index (κ1) is 13.3. The van der Waals surface area contributed by atoms with Gasteiger partial charge in [0.15, 0.2) is 0 Å². The van der Waals surface area contributed by atoms with Crippen LogP contribution in [0.25, 0.3) is 0 Å². The van der Waals surface area contributed by atoms with Crippen molar-refractivity contribution in [3.8, 4) is 0 Å². The Hall–Kier alpha value is -1.11. The highest BCUT2D eigenvalue weighted by Gasteiger charge is 2.26. The molecule has 98 valence electrons. The Morgan fingerprint density at radius 3 is 2.11 bits per heavy atom. The number of hydrogen-bond donors (Lipinski definition) is 0. The summed E-state index contributed by atoms with van der Waals surface area (Å²) in [6.45, 7) is 5.69. The molecule has 0 heterocycles. The minimum atomic E-state index is -0.356. The Morgan fingerprint density at radius 1 is 1.06 bits per heavy atom. The summed E-state index contributed by atoms with van der Waals surface area (Å²) in [5.41, 5.74) is 2.23. The summed E-state index contributed by atoms with van der Waals surface area (Å²) in [4.78, 5) is 11.7. The Balaban J connectivity index is 2.17. The van der Waals surface area contributed by atoms with Gasteiger partial charge in [0.1, 0.15) is 5.78 Å². The van der Waals surface area contributed by atoms with Gasteiger partial charge in [-0.2, -0.15) is 0 Å². The van der Waals surface area contributed by atoms with E-state index in [9.17, 15) is 4.79 Å². The summed E-state index contributed by atoms with van der Waals surface area (Å²) in [5.74, 6) is 0.973. The standard InChI is InChI=1S/C17H24O/c1-13(18)17(2,3)16-11-9-15(10-12-16)14-7-5-4-6-8-14/h9-12,14H,4-8H2,1-3H3. The van der Waals surface area contributed by atoms with Crippen molar-refractivity contribution in [2.75, 3.05) is 0 Å². The molecule has 1 fully saturated rings. The highest BCUT2D eigenvalue weighted by molar-refractivity contribution is 5.87. The molecule has 0 bridgehead atoms. The van der Waals surface area contributed by atoms with E-state index in [4.69, 9.17) is 0 Å². The van der Waals surface area contributed by atoms with Gasteiger partial charge in [0.2, 0.25) is 0 Å². The molecule has 1 nitrogen and oxygen atoms in total. The van der Waals surface area contributed by atoms with Crippen LogP contribution in [0.1, 0.15) is 69.9 Å². The van der Waals surface area contributed by atoms with E-state index in [0.717, 1.165) is 11.5 Å². The second-order valence-electron chi connectivity index (χ2n) is 6.14. The zero-order valence-corrected chi connectivity index (χ0v) is 11.8. The van der Waals surface area contributed by atoms with E-state index in [0.29, 0.717) is 0 Å². The molecule has 1 heteroatoms. The average molecular weight is 244 g/mol. The quantitative estimate of drug-likeness (QED) is 0.759. The van der Waals surface area contributed by atoms with Gasteiger partial charge in [-0.05, 0) is 50.7 Å². The van der Waals surface area contributed by atoms with Crippen LogP contribution in [0.4, 0.5) is 0 Å².